The van der Waals surface area contributed by atoms with E-state index in [1.54, 1.807) is 19.9 Å². The average Bonchev–Trinajstić information content (AvgIpc) is 1.67. The summed E-state index contributed by atoms with van der Waals surface area (Å²) in [6, 6.07) is 0. The van der Waals surface area contributed by atoms with Crippen LogP contribution in [0.3, 0.4) is 0 Å². The Labute approximate surface area is 49.7 Å². The molecule has 1 heteroatoms. The van der Waals surface area contributed by atoms with Crippen LogP contribution in [-0.2, 0) is 4.79 Å². The highest BCUT2D eigenvalue weighted by Gasteiger charge is 1.91. The van der Waals surface area contributed by atoms with Crippen LogP contribution in [0.2, 0.25) is 0 Å². The van der Waals surface area contributed by atoms with Crippen molar-refractivity contribution in [3.63, 3.8) is 0 Å². The normalized spacial score (nSPS) is 9.75. The fourth-order valence-corrected chi connectivity index (χ4v) is 0.294. The van der Waals surface area contributed by atoms with Crippen LogP contribution in [0.5, 0.6) is 0 Å². The molecule has 0 fully saturated rings. The summed E-state index contributed by atoms with van der Waals surface area (Å²) in [7, 11) is 0. The molecule has 0 aliphatic rings. The summed E-state index contributed by atoms with van der Waals surface area (Å²) >= 11 is 0. The molecule has 0 atom stereocenters. The van der Waals surface area contributed by atoms with Gasteiger partial charge in [-0.25, -0.2) is 0 Å². The minimum absolute atomic E-state index is 0.00694. The molecule has 0 amide bonds. The number of hydrogen-bond acceptors (Lipinski definition) is 1. The van der Waals surface area contributed by atoms with Crippen molar-refractivity contribution in [3.8, 4) is 0 Å². The van der Waals surface area contributed by atoms with E-state index in [2.05, 4.69) is 6.58 Å². The summed E-state index contributed by atoms with van der Waals surface area (Å²) in [5.74, 6) is 0.00694. The second-order valence-electron chi connectivity index (χ2n) is 1.64. The van der Waals surface area contributed by atoms with Crippen molar-refractivity contribution in [3.05, 3.63) is 24.3 Å². The summed E-state index contributed by atoms with van der Waals surface area (Å²) in [4.78, 5) is 10.6. The van der Waals surface area contributed by atoms with E-state index < -0.39 is 0 Å². The third kappa shape index (κ3) is 2.35. The second kappa shape index (κ2) is 3.19. The first-order chi connectivity index (χ1) is 3.68. The van der Waals surface area contributed by atoms with Gasteiger partial charge in [0.05, 0.1) is 0 Å². The lowest BCUT2D eigenvalue weighted by molar-refractivity contribution is -0.111. The Morgan fingerprint density at radius 2 is 2.12 bits per heavy atom. The molecule has 0 N–H and O–H groups in total. The van der Waals surface area contributed by atoms with E-state index >= 15 is 0 Å². The van der Waals surface area contributed by atoms with Crippen LogP contribution in [0, 0.1) is 0 Å². The molecular weight excluding hydrogens is 100 g/mol. The van der Waals surface area contributed by atoms with E-state index in [-0.39, 0.29) is 5.78 Å². The van der Waals surface area contributed by atoms with Gasteiger partial charge in [0.15, 0.2) is 5.78 Å². The van der Waals surface area contributed by atoms with Crippen molar-refractivity contribution in [1.29, 1.82) is 0 Å². The van der Waals surface area contributed by atoms with E-state index in [9.17, 15) is 4.79 Å². The molecule has 0 saturated carbocycles. The summed E-state index contributed by atoms with van der Waals surface area (Å²) in [5, 5.41) is 0. The highest BCUT2D eigenvalue weighted by molar-refractivity contribution is 6.02. The monoisotopic (exact) mass is 110 g/mol. The first-order valence-corrected chi connectivity index (χ1v) is 2.51. The molecule has 8 heavy (non-hydrogen) atoms. The largest absolute Gasteiger partial charge is 0.290 e. The van der Waals surface area contributed by atoms with E-state index in [1.165, 1.54) is 6.08 Å². The summed E-state index contributed by atoms with van der Waals surface area (Å²) < 4.78 is 0. The molecule has 0 spiro atoms. The van der Waals surface area contributed by atoms with Crippen molar-refractivity contribution >= 4 is 5.78 Å². The van der Waals surface area contributed by atoms with Gasteiger partial charge in [-0.3, -0.25) is 4.79 Å². The van der Waals surface area contributed by atoms with Gasteiger partial charge < -0.3 is 0 Å². The summed E-state index contributed by atoms with van der Waals surface area (Å²) in [5.41, 5.74) is 0.586. The Kier molecular flexibility index (Phi) is 2.85. The maximum Gasteiger partial charge on any atom is 0.180 e. The third-order valence-corrected chi connectivity index (χ3v) is 0.739. The molecule has 0 aromatic heterocycles. The van der Waals surface area contributed by atoms with Crippen LogP contribution in [0.1, 0.15) is 13.8 Å². The van der Waals surface area contributed by atoms with E-state index in [4.69, 9.17) is 0 Å². The van der Waals surface area contributed by atoms with Crippen molar-refractivity contribution in [2.75, 3.05) is 0 Å². The molecule has 0 aliphatic carbocycles. The van der Waals surface area contributed by atoms with Crippen molar-refractivity contribution < 1.29 is 4.79 Å². The Morgan fingerprint density at radius 1 is 1.62 bits per heavy atom. The predicted octanol–water partition coefficient (Wildman–Crippen LogP) is 1.71. The smallest absolute Gasteiger partial charge is 0.180 e. The zero-order valence-corrected chi connectivity index (χ0v) is 5.27. The number of carbonyl (C=O) groups excluding carboxylic acids is 1. The van der Waals surface area contributed by atoms with Crippen LogP contribution in [-0.4, -0.2) is 5.78 Å². The lowest BCUT2D eigenvalue weighted by Gasteiger charge is -1.85. The van der Waals surface area contributed by atoms with E-state index in [1.807, 2.05) is 0 Å². The summed E-state index contributed by atoms with van der Waals surface area (Å²) in [6.07, 6.45) is 3.21. The Morgan fingerprint density at radius 3 is 2.25 bits per heavy atom. The van der Waals surface area contributed by atoms with E-state index in [0.717, 1.165) is 0 Å². The molecule has 44 valence electrons. The molecule has 0 unspecified atom stereocenters. The number of allylic oxidation sites excluding steroid dienone is 3. The quantitative estimate of drug-likeness (QED) is 0.494. The Balaban J connectivity index is 3.85. The van der Waals surface area contributed by atoms with Gasteiger partial charge in [-0.2, -0.15) is 0 Å². The average molecular weight is 110 g/mol. The minimum Gasteiger partial charge on any atom is -0.290 e. The van der Waals surface area contributed by atoms with Gasteiger partial charge in [0, 0.05) is 0 Å². The van der Waals surface area contributed by atoms with Crippen molar-refractivity contribution in [1.82, 2.24) is 0 Å². The number of rotatable bonds is 2. The van der Waals surface area contributed by atoms with Crippen molar-refractivity contribution in [2.45, 2.75) is 13.8 Å². The number of ketones is 1. The van der Waals surface area contributed by atoms with Crippen molar-refractivity contribution in [2.24, 2.45) is 0 Å². The fourth-order valence-electron chi connectivity index (χ4n) is 0.294. The molecule has 1 nitrogen and oxygen atoms in total. The van der Waals surface area contributed by atoms with Crippen LogP contribution in [0.25, 0.3) is 0 Å². The standard InChI is InChI=1S/C7H10O/c1-4-5-7(8)6(2)3/h4-5H,2H2,1,3H3. The molecule has 0 rings (SSSR count). The van der Waals surface area contributed by atoms with Gasteiger partial charge in [0.2, 0.25) is 0 Å². The maximum atomic E-state index is 10.6. The zero-order valence-electron chi connectivity index (χ0n) is 5.27. The first-order valence-electron chi connectivity index (χ1n) is 2.51. The Hall–Kier alpha value is -0.850. The van der Waals surface area contributed by atoms with Crippen LogP contribution >= 0.6 is 0 Å². The molecule has 0 radical (unpaired) electrons. The maximum absolute atomic E-state index is 10.6. The van der Waals surface area contributed by atoms with Gasteiger partial charge in [-0.15, -0.1) is 0 Å². The minimum atomic E-state index is 0.00694. The number of hydrogen-bond donors (Lipinski definition) is 0. The summed E-state index contributed by atoms with van der Waals surface area (Å²) in [6.45, 7) is 6.98. The van der Waals surface area contributed by atoms with Gasteiger partial charge in [0.1, 0.15) is 0 Å². The molecule has 0 saturated heterocycles. The molecule has 0 aliphatic heterocycles. The number of carbonyl (C=O) groups is 1. The second-order valence-corrected chi connectivity index (χ2v) is 1.64. The third-order valence-electron chi connectivity index (χ3n) is 0.739. The first kappa shape index (κ1) is 7.15. The fraction of sp³-hybridized carbons (Fsp3) is 0.286. The lowest BCUT2D eigenvalue weighted by atomic mass is 10.2. The lowest BCUT2D eigenvalue weighted by Crippen LogP contribution is -1.90. The predicted molar refractivity (Wildman–Crippen MR) is 34.6 cm³/mol. The van der Waals surface area contributed by atoms with Gasteiger partial charge in [0.25, 0.3) is 0 Å². The van der Waals surface area contributed by atoms with Gasteiger partial charge in [-0.1, -0.05) is 12.7 Å². The molecular formula is C7H10O. The van der Waals surface area contributed by atoms with Crippen LogP contribution in [0.15, 0.2) is 24.3 Å². The topological polar surface area (TPSA) is 17.1 Å². The molecule has 0 aromatic rings. The highest BCUT2D eigenvalue weighted by atomic mass is 16.1. The van der Waals surface area contributed by atoms with E-state index in [0.29, 0.717) is 5.57 Å². The molecule has 0 heterocycles. The zero-order chi connectivity index (χ0) is 6.57. The van der Waals surface area contributed by atoms with Gasteiger partial charge in [-0.05, 0) is 25.5 Å². The molecule has 0 bridgehead atoms. The Bertz CT molecular complexity index is 131. The SMILES string of the molecule is C=C(C)C(=O)C=CC. The van der Waals surface area contributed by atoms with Crippen LogP contribution in [0.4, 0.5) is 0 Å². The van der Waals surface area contributed by atoms with Gasteiger partial charge >= 0.3 is 0 Å². The molecule has 0 aromatic carbocycles. The van der Waals surface area contributed by atoms with Crippen LogP contribution < -0.4 is 0 Å². The highest BCUT2D eigenvalue weighted by Crippen LogP contribution is 1.89.